The third-order valence-electron chi connectivity index (χ3n) is 6.14. The molecular weight excluding hydrogens is 454 g/mol. The fraction of sp³-hybridized carbons (Fsp3) is 0.400. The van der Waals surface area contributed by atoms with Crippen molar-refractivity contribution in [2.75, 3.05) is 66.1 Å². The van der Waals surface area contributed by atoms with Gasteiger partial charge in [0.2, 0.25) is 10.0 Å². The van der Waals surface area contributed by atoms with Gasteiger partial charge in [-0.2, -0.15) is 4.31 Å². The second-order valence-corrected chi connectivity index (χ2v) is 10.2. The smallest absolute Gasteiger partial charge is 0.257 e. The topological polar surface area (TPSA) is 79.4 Å². The number of hydrogen-bond acceptors (Lipinski definition) is 6. The molecular formula is C25H31N3O5S. The van der Waals surface area contributed by atoms with E-state index in [1.807, 2.05) is 18.2 Å². The van der Waals surface area contributed by atoms with E-state index in [9.17, 15) is 13.2 Å². The fourth-order valence-electron chi connectivity index (χ4n) is 4.16. The van der Waals surface area contributed by atoms with Gasteiger partial charge in [0.1, 0.15) is 5.75 Å². The quantitative estimate of drug-likeness (QED) is 0.598. The lowest BCUT2D eigenvalue weighted by atomic mass is 10.1. The van der Waals surface area contributed by atoms with Crippen molar-refractivity contribution in [3.05, 3.63) is 65.7 Å². The van der Waals surface area contributed by atoms with Crippen LogP contribution in [-0.4, -0.2) is 94.6 Å². The summed E-state index contributed by atoms with van der Waals surface area (Å²) in [6.45, 7) is 4.79. The van der Waals surface area contributed by atoms with E-state index in [0.29, 0.717) is 45.1 Å². The molecule has 1 amide bonds. The number of methoxy groups -OCH3 is 1. The van der Waals surface area contributed by atoms with Gasteiger partial charge in [0, 0.05) is 45.8 Å². The first kappa shape index (κ1) is 24.4. The third kappa shape index (κ3) is 5.67. The molecule has 182 valence electrons. The summed E-state index contributed by atoms with van der Waals surface area (Å²) in [4.78, 5) is 17.5. The van der Waals surface area contributed by atoms with Crippen molar-refractivity contribution in [1.29, 1.82) is 0 Å². The van der Waals surface area contributed by atoms with E-state index in [-0.39, 0.29) is 16.4 Å². The van der Waals surface area contributed by atoms with Gasteiger partial charge < -0.3 is 14.4 Å². The van der Waals surface area contributed by atoms with E-state index in [0.717, 1.165) is 25.2 Å². The minimum absolute atomic E-state index is 0.100. The number of nitrogens with zero attached hydrogens (tertiary/aromatic N) is 3. The normalized spacial score (nSPS) is 18.3. The van der Waals surface area contributed by atoms with Gasteiger partial charge in [-0.25, -0.2) is 8.42 Å². The molecule has 0 aromatic heterocycles. The molecule has 2 aliphatic heterocycles. The summed E-state index contributed by atoms with van der Waals surface area (Å²) in [6.07, 6.45) is 4.23. The zero-order valence-electron chi connectivity index (χ0n) is 19.4. The molecule has 0 unspecified atom stereocenters. The zero-order valence-corrected chi connectivity index (χ0v) is 20.2. The van der Waals surface area contributed by atoms with Gasteiger partial charge in [0.15, 0.2) is 0 Å². The summed E-state index contributed by atoms with van der Waals surface area (Å²) in [5.74, 6) is 0.162. The molecule has 34 heavy (non-hydrogen) atoms. The van der Waals surface area contributed by atoms with Crippen molar-refractivity contribution < 1.29 is 22.7 Å². The van der Waals surface area contributed by atoms with Crippen molar-refractivity contribution in [3.63, 3.8) is 0 Å². The average molecular weight is 486 g/mol. The van der Waals surface area contributed by atoms with Gasteiger partial charge in [0.25, 0.3) is 5.91 Å². The summed E-state index contributed by atoms with van der Waals surface area (Å²) in [7, 11) is -2.22. The highest BCUT2D eigenvalue weighted by Crippen LogP contribution is 2.26. The monoisotopic (exact) mass is 485 g/mol. The number of morpholine rings is 1. The van der Waals surface area contributed by atoms with E-state index in [4.69, 9.17) is 9.47 Å². The number of sulfonamides is 1. The molecule has 2 aromatic rings. The first-order valence-corrected chi connectivity index (χ1v) is 12.9. The van der Waals surface area contributed by atoms with Crippen LogP contribution in [0.2, 0.25) is 0 Å². The highest BCUT2D eigenvalue weighted by molar-refractivity contribution is 7.89. The minimum Gasteiger partial charge on any atom is -0.496 e. The molecule has 2 heterocycles. The van der Waals surface area contributed by atoms with Crippen LogP contribution in [0.3, 0.4) is 0 Å². The molecule has 2 aromatic carbocycles. The Hall–Kier alpha value is -2.72. The van der Waals surface area contributed by atoms with Gasteiger partial charge in [-0.15, -0.1) is 0 Å². The molecule has 0 aliphatic carbocycles. The third-order valence-corrected chi connectivity index (χ3v) is 8.04. The molecule has 0 spiro atoms. The van der Waals surface area contributed by atoms with Crippen LogP contribution in [0.5, 0.6) is 5.75 Å². The molecule has 2 saturated heterocycles. The van der Waals surface area contributed by atoms with Crippen molar-refractivity contribution in [2.24, 2.45) is 0 Å². The van der Waals surface area contributed by atoms with E-state index >= 15 is 0 Å². The minimum atomic E-state index is -3.70. The van der Waals surface area contributed by atoms with Crippen molar-refractivity contribution in [1.82, 2.24) is 14.1 Å². The van der Waals surface area contributed by atoms with Crippen LogP contribution in [-0.2, 0) is 14.8 Å². The number of hydrogen-bond donors (Lipinski definition) is 0. The summed E-state index contributed by atoms with van der Waals surface area (Å²) < 4.78 is 38.2. The summed E-state index contributed by atoms with van der Waals surface area (Å²) in [5.41, 5.74) is 1.43. The Labute approximate surface area is 201 Å². The fourth-order valence-corrected chi connectivity index (χ4v) is 5.59. The zero-order chi connectivity index (χ0) is 24.0. The Bertz CT molecular complexity index is 1110. The van der Waals surface area contributed by atoms with Crippen molar-refractivity contribution in [3.8, 4) is 5.75 Å². The Kier molecular flexibility index (Phi) is 7.99. The first-order valence-electron chi connectivity index (χ1n) is 11.5. The number of carbonyl (C=O) groups excluding carboxylic acids is 1. The largest absolute Gasteiger partial charge is 0.496 e. The maximum Gasteiger partial charge on any atom is 0.257 e. The molecule has 2 aliphatic rings. The maximum atomic E-state index is 13.3. The van der Waals surface area contributed by atoms with Crippen LogP contribution in [0.4, 0.5) is 0 Å². The van der Waals surface area contributed by atoms with Crippen LogP contribution in [0.1, 0.15) is 15.9 Å². The molecule has 0 atom stereocenters. The van der Waals surface area contributed by atoms with Gasteiger partial charge in [-0.05, 0) is 23.8 Å². The van der Waals surface area contributed by atoms with E-state index in [1.165, 1.54) is 23.5 Å². The summed E-state index contributed by atoms with van der Waals surface area (Å²) in [5, 5.41) is 0. The average Bonchev–Trinajstić information content (AvgIpc) is 2.89. The van der Waals surface area contributed by atoms with E-state index < -0.39 is 10.0 Å². The maximum absolute atomic E-state index is 13.3. The van der Waals surface area contributed by atoms with Crippen molar-refractivity contribution >= 4 is 22.0 Å². The second-order valence-electron chi connectivity index (χ2n) is 8.28. The number of carbonyl (C=O) groups is 1. The van der Waals surface area contributed by atoms with Crippen LogP contribution in [0.15, 0.2) is 59.5 Å². The Morgan fingerprint density at radius 2 is 1.71 bits per heavy atom. The van der Waals surface area contributed by atoms with Gasteiger partial charge in [-0.3, -0.25) is 9.69 Å². The summed E-state index contributed by atoms with van der Waals surface area (Å²) >= 11 is 0. The van der Waals surface area contributed by atoms with Crippen LogP contribution < -0.4 is 4.74 Å². The molecule has 9 heteroatoms. The standard InChI is InChI=1S/C25H31N3O5S/c1-32-24-10-9-22(34(30,31)28-16-18-33-19-17-28)20-23(24)25(29)27-14-12-26(13-15-27)11-5-8-21-6-3-2-4-7-21/h2-10,20H,11-19H2,1H3/b8-5+. The molecule has 8 nitrogen and oxygen atoms in total. The van der Waals surface area contributed by atoms with Gasteiger partial charge >= 0.3 is 0 Å². The van der Waals surface area contributed by atoms with Crippen LogP contribution in [0.25, 0.3) is 6.08 Å². The lowest BCUT2D eigenvalue weighted by Crippen LogP contribution is -2.48. The van der Waals surface area contributed by atoms with Crippen molar-refractivity contribution in [2.45, 2.75) is 4.90 Å². The number of ether oxygens (including phenoxy) is 2. The number of amides is 1. The lowest BCUT2D eigenvalue weighted by Gasteiger charge is -2.34. The Morgan fingerprint density at radius 1 is 1.00 bits per heavy atom. The predicted molar refractivity (Wildman–Crippen MR) is 130 cm³/mol. The number of piperazine rings is 1. The first-order chi connectivity index (χ1) is 16.5. The highest BCUT2D eigenvalue weighted by atomic mass is 32.2. The Balaban J connectivity index is 1.41. The molecule has 2 fully saturated rings. The number of rotatable bonds is 7. The van der Waals surface area contributed by atoms with E-state index in [2.05, 4.69) is 29.2 Å². The summed E-state index contributed by atoms with van der Waals surface area (Å²) in [6, 6.07) is 14.7. The molecule has 0 saturated carbocycles. The molecule has 0 bridgehead atoms. The lowest BCUT2D eigenvalue weighted by molar-refractivity contribution is 0.0646. The predicted octanol–water partition coefficient (Wildman–Crippen LogP) is 2.19. The Morgan fingerprint density at radius 3 is 2.38 bits per heavy atom. The van der Waals surface area contributed by atoms with Gasteiger partial charge in [0.05, 0.1) is 30.8 Å². The SMILES string of the molecule is COc1ccc(S(=O)(=O)N2CCOCC2)cc1C(=O)N1CCN(C/C=C/c2ccccc2)CC1. The molecule has 0 radical (unpaired) electrons. The van der Waals surface area contributed by atoms with E-state index in [1.54, 1.807) is 11.0 Å². The van der Waals surface area contributed by atoms with Crippen LogP contribution in [0, 0.1) is 0 Å². The van der Waals surface area contributed by atoms with Gasteiger partial charge in [-0.1, -0.05) is 42.5 Å². The molecule has 0 N–H and O–H groups in total. The van der Waals surface area contributed by atoms with Crippen LogP contribution >= 0.6 is 0 Å². The number of benzene rings is 2. The highest BCUT2D eigenvalue weighted by Gasteiger charge is 2.30. The second kappa shape index (κ2) is 11.1. The molecule has 4 rings (SSSR count).